The summed E-state index contributed by atoms with van der Waals surface area (Å²) in [5.41, 5.74) is 0. The monoisotopic (exact) mass is 564 g/mol. The van der Waals surface area contributed by atoms with Gasteiger partial charge in [0.25, 0.3) is 0 Å². The highest BCUT2D eigenvalue weighted by atomic mass is 31.2. The van der Waals surface area contributed by atoms with Gasteiger partial charge in [-0.2, -0.15) is 0 Å². The Kier molecular flexibility index (Phi) is 26.4. The maximum atomic E-state index is 12.2. The zero-order chi connectivity index (χ0) is 28.3. The Hall–Kier alpha value is -0.460. The van der Waals surface area contributed by atoms with E-state index in [-0.39, 0.29) is 25.3 Å². The van der Waals surface area contributed by atoms with Crippen LogP contribution in [0, 0.1) is 0 Å². The van der Waals surface area contributed by atoms with Gasteiger partial charge in [-0.3, -0.25) is 9.36 Å². The molecule has 0 radical (unpaired) electrons. The van der Waals surface area contributed by atoms with Crippen molar-refractivity contribution in [2.75, 3.05) is 46.6 Å². The van der Waals surface area contributed by atoms with Crippen molar-refractivity contribution in [1.29, 1.82) is 0 Å². The lowest BCUT2D eigenvalue weighted by Crippen LogP contribution is -3.06. The van der Waals surface area contributed by atoms with Gasteiger partial charge in [0.05, 0.1) is 40.0 Å². The second kappa shape index (κ2) is 26.7. The Morgan fingerprint density at radius 2 is 1.21 bits per heavy atom. The summed E-state index contributed by atoms with van der Waals surface area (Å²) in [6, 6.07) is 0. The first-order chi connectivity index (χ1) is 18.3. The van der Waals surface area contributed by atoms with Crippen LogP contribution in [0.15, 0.2) is 0 Å². The lowest BCUT2D eigenvalue weighted by Gasteiger charge is -2.20. The largest absolute Gasteiger partial charge is 0.457 e. The Bertz CT molecular complexity index is 575. The quantitative estimate of drug-likeness (QED) is 0.0596. The van der Waals surface area contributed by atoms with Crippen LogP contribution in [0.5, 0.6) is 0 Å². The predicted octanol–water partition coefficient (Wildman–Crippen LogP) is 6.71. The van der Waals surface area contributed by atoms with Crippen molar-refractivity contribution in [2.24, 2.45) is 0 Å². The molecule has 7 nitrogen and oxygen atoms in total. The molecular weight excluding hydrogens is 501 g/mol. The van der Waals surface area contributed by atoms with Crippen LogP contribution < -0.4 is 4.90 Å². The molecule has 0 bridgehead atoms. The van der Waals surface area contributed by atoms with E-state index >= 15 is 0 Å². The predicted molar refractivity (Wildman–Crippen MR) is 158 cm³/mol. The minimum absolute atomic E-state index is 0.0745. The Labute approximate surface area is 235 Å². The van der Waals surface area contributed by atoms with Crippen molar-refractivity contribution in [3.8, 4) is 0 Å². The van der Waals surface area contributed by atoms with E-state index in [1.165, 1.54) is 96.3 Å². The molecular formula is C30H63NO6P+. The molecule has 0 saturated carbocycles. The first kappa shape index (κ1) is 37.5. The van der Waals surface area contributed by atoms with Crippen LogP contribution in [0.3, 0.4) is 0 Å². The summed E-state index contributed by atoms with van der Waals surface area (Å²) in [5, 5.41) is 0. The van der Waals surface area contributed by atoms with Gasteiger partial charge in [0, 0.05) is 13.0 Å². The van der Waals surface area contributed by atoms with Crippen molar-refractivity contribution < 1.29 is 33.2 Å². The molecule has 0 aliphatic heterocycles. The normalized spacial score (nSPS) is 14.1. The smallest absolute Gasteiger partial charge is 0.333 e. The molecule has 0 aliphatic carbocycles. The summed E-state index contributed by atoms with van der Waals surface area (Å²) < 4.78 is 28.6. The van der Waals surface area contributed by atoms with Gasteiger partial charge in [0.15, 0.2) is 0 Å². The average molecular weight is 565 g/mol. The summed E-state index contributed by atoms with van der Waals surface area (Å²) >= 11 is 0. The number of hydrogen-bond donors (Lipinski definition) is 2. The lowest BCUT2D eigenvalue weighted by atomic mass is 10.0. The number of esters is 1. The molecule has 0 aromatic heterocycles. The Balaban J connectivity index is 3.76. The van der Waals surface area contributed by atoms with Gasteiger partial charge < -0.3 is 23.8 Å². The molecule has 0 saturated heterocycles. The van der Waals surface area contributed by atoms with Gasteiger partial charge in [0.1, 0.15) is 6.10 Å². The Morgan fingerprint density at radius 3 is 1.66 bits per heavy atom. The van der Waals surface area contributed by atoms with Gasteiger partial charge in [-0.1, -0.05) is 117 Å². The molecule has 2 unspecified atom stereocenters. The fourth-order valence-electron chi connectivity index (χ4n) is 4.34. The second-order valence-electron chi connectivity index (χ2n) is 11.2. The van der Waals surface area contributed by atoms with Crippen LogP contribution >= 0.6 is 7.60 Å². The number of hydrogen-bond acceptors (Lipinski definition) is 5. The van der Waals surface area contributed by atoms with Crippen LogP contribution in [0.2, 0.25) is 0 Å². The van der Waals surface area contributed by atoms with Crippen molar-refractivity contribution in [3.63, 3.8) is 0 Å². The second-order valence-corrected chi connectivity index (χ2v) is 13.2. The van der Waals surface area contributed by atoms with Gasteiger partial charge >= 0.3 is 13.6 Å². The first-order valence-electron chi connectivity index (χ1n) is 15.8. The number of quaternary nitrogens is 1. The zero-order valence-corrected chi connectivity index (χ0v) is 26.4. The molecule has 0 spiro atoms. The van der Waals surface area contributed by atoms with E-state index in [0.29, 0.717) is 26.0 Å². The molecule has 0 fully saturated rings. The van der Waals surface area contributed by atoms with Crippen molar-refractivity contribution in [2.45, 2.75) is 142 Å². The summed E-state index contributed by atoms with van der Waals surface area (Å²) in [6.45, 7) is 5.38. The highest BCUT2D eigenvalue weighted by Gasteiger charge is 2.24. The number of carbonyl (C=O) groups is 1. The van der Waals surface area contributed by atoms with E-state index in [1.807, 2.05) is 21.0 Å². The number of unbranched alkanes of at least 4 members (excludes halogenated alkanes) is 16. The maximum Gasteiger partial charge on any atom is 0.333 e. The van der Waals surface area contributed by atoms with Gasteiger partial charge in [0.2, 0.25) is 0 Å². The standard InChI is InChI=1S/C30H62NO6P/c1-5-7-8-9-10-11-12-13-14-15-16-17-18-19-20-21-22-25-35-27-29(37-30(32)23-6-2)28-36-38(33,34)26-24-31(3)4/h29H,5-28H2,1-4H3,(H,33,34)/p+1. The van der Waals surface area contributed by atoms with Crippen LogP contribution in [0.1, 0.15) is 136 Å². The minimum atomic E-state index is -3.71. The maximum absolute atomic E-state index is 12.2. The van der Waals surface area contributed by atoms with E-state index < -0.39 is 13.7 Å². The molecule has 228 valence electrons. The van der Waals surface area contributed by atoms with Crippen molar-refractivity contribution >= 4 is 13.6 Å². The summed E-state index contributed by atoms with van der Waals surface area (Å²) in [4.78, 5) is 23.0. The third kappa shape index (κ3) is 27.1. The first-order valence-corrected chi connectivity index (χ1v) is 17.6. The van der Waals surface area contributed by atoms with Crippen LogP contribution in [0.4, 0.5) is 0 Å². The molecule has 2 atom stereocenters. The summed E-state index contributed by atoms with van der Waals surface area (Å²) in [7, 11) is 0.132. The summed E-state index contributed by atoms with van der Waals surface area (Å²) in [6.07, 6.45) is 23.1. The molecule has 38 heavy (non-hydrogen) atoms. The van der Waals surface area contributed by atoms with Gasteiger partial charge in [-0.15, -0.1) is 0 Å². The fraction of sp³-hybridized carbons (Fsp3) is 0.967. The molecule has 0 aromatic rings. The molecule has 0 rings (SSSR count). The SMILES string of the molecule is CCCCCCCCCCCCCCCCCCCOCC(COP(=O)(O)CC[NH+](C)C)OC(=O)CCC. The van der Waals surface area contributed by atoms with Crippen molar-refractivity contribution in [3.05, 3.63) is 0 Å². The number of rotatable bonds is 29. The van der Waals surface area contributed by atoms with Crippen molar-refractivity contribution in [1.82, 2.24) is 0 Å². The Morgan fingerprint density at radius 1 is 0.737 bits per heavy atom. The van der Waals surface area contributed by atoms with E-state index in [2.05, 4.69) is 6.92 Å². The lowest BCUT2D eigenvalue weighted by molar-refractivity contribution is -0.855. The molecule has 0 amide bonds. The molecule has 0 aromatic carbocycles. The molecule has 0 aliphatic rings. The molecule has 2 N–H and O–H groups in total. The van der Waals surface area contributed by atoms with E-state index in [0.717, 1.165) is 17.7 Å². The molecule has 0 heterocycles. The zero-order valence-electron chi connectivity index (χ0n) is 25.5. The number of nitrogens with one attached hydrogen (secondary N) is 1. The highest BCUT2D eigenvalue weighted by molar-refractivity contribution is 7.52. The third-order valence-electron chi connectivity index (χ3n) is 6.80. The average Bonchev–Trinajstić information content (AvgIpc) is 2.87. The topological polar surface area (TPSA) is 86.5 Å². The highest BCUT2D eigenvalue weighted by Crippen LogP contribution is 2.41. The number of ether oxygens (including phenoxy) is 2. The number of carbonyl (C=O) groups excluding carboxylic acids is 1. The fourth-order valence-corrected chi connectivity index (χ4v) is 5.60. The van der Waals surface area contributed by atoms with E-state index in [9.17, 15) is 14.3 Å². The van der Waals surface area contributed by atoms with E-state index in [1.54, 1.807) is 0 Å². The minimum Gasteiger partial charge on any atom is -0.457 e. The van der Waals surface area contributed by atoms with Gasteiger partial charge in [-0.05, 0) is 12.8 Å². The summed E-state index contributed by atoms with van der Waals surface area (Å²) in [5.74, 6) is -0.326. The third-order valence-corrected chi connectivity index (χ3v) is 8.15. The van der Waals surface area contributed by atoms with Crippen LogP contribution in [-0.2, 0) is 23.4 Å². The van der Waals surface area contributed by atoms with Crippen LogP contribution in [-0.4, -0.2) is 63.6 Å². The van der Waals surface area contributed by atoms with Gasteiger partial charge in [-0.25, -0.2) is 0 Å². The van der Waals surface area contributed by atoms with Crippen LogP contribution in [0.25, 0.3) is 0 Å². The molecule has 8 heteroatoms. The van der Waals surface area contributed by atoms with E-state index in [4.69, 9.17) is 14.0 Å².